The minimum Gasteiger partial charge on any atom is -0.496 e. The second-order valence-corrected chi connectivity index (χ2v) is 5.10. The molecule has 0 amide bonds. The van der Waals surface area contributed by atoms with Crippen molar-refractivity contribution in [1.82, 2.24) is 5.32 Å². The van der Waals surface area contributed by atoms with Gasteiger partial charge in [-0.05, 0) is 43.5 Å². The molecule has 1 aromatic rings. The lowest BCUT2D eigenvalue weighted by atomic mass is 9.79. The van der Waals surface area contributed by atoms with E-state index in [2.05, 4.69) is 37.5 Å². The molecule has 17 heavy (non-hydrogen) atoms. The third kappa shape index (κ3) is 2.81. The first-order chi connectivity index (χ1) is 8.24. The standard InChI is InChI=1S/C15H23NO/c1-11-9-13(7-8-15(11)17-3)14(16-2)10-12-5-4-6-12/h7-9,12,14,16H,4-6,10H2,1-3H3. The first kappa shape index (κ1) is 12.4. The number of hydrogen-bond acceptors (Lipinski definition) is 2. The normalized spacial score (nSPS) is 17.6. The fraction of sp³-hybridized carbons (Fsp3) is 0.600. The van der Waals surface area contributed by atoms with Gasteiger partial charge in [0, 0.05) is 6.04 Å². The summed E-state index contributed by atoms with van der Waals surface area (Å²) in [6.07, 6.45) is 5.51. The smallest absolute Gasteiger partial charge is 0.121 e. The Hall–Kier alpha value is -1.02. The zero-order valence-corrected chi connectivity index (χ0v) is 11.1. The van der Waals surface area contributed by atoms with Crippen LogP contribution in [0.1, 0.15) is 42.9 Å². The lowest BCUT2D eigenvalue weighted by Gasteiger charge is -2.30. The molecular formula is C15H23NO. The van der Waals surface area contributed by atoms with Crippen LogP contribution in [-0.4, -0.2) is 14.2 Å². The van der Waals surface area contributed by atoms with Crippen molar-refractivity contribution in [1.29, 1.82) is 0 Å². The van der Waals surface area contributed by atoms with Crippen molar-refractivity contribution in [3.63, 3.8) is 0 Å². The highest BCUT2D eigenvalue weighted by atomic mass is 16.5. The van der Waals surface area contributed by atoms with Crippen molar-refractivity contribution >= 4 is 0 Å². The van der Waals surface area contributed by atoms with Gasteiger partial charge >= 0.3 is 0 Å². The topological polar surface area (TPSA) is 21.3 Å². The Morgan fingerprint density at radius 3 is 2.65 bits per heavy atom. The Morgan fingerprint density at radius 2 is 2.18 bits per heavy atom. The fourth-order valence-electron chi connectivity index (χ4n) is 2.60. The molecule has 0 radical (unpaired) electrons. The van der Waals surface area contributed by atoms with E-state index in [1.807, 2.05) is 0 Å². The van der Waals surface area contributed by atoms with Crippen LogP contribution in [0.2, 0.25) is 0 Å². The van der Waals surface area contributed by atoms with Crippen molar-refractivity contribution in [3.05, 3.63) is 29.3 Å². The Kier molecular flexibility index (Phi) is 4.06. The molecule has 0 bridgehead atoms. The lowest BCUT2D eigenvalue weighted by Crippen LogP contribution is -2.23. The zero-order valence-electron chi connectivity index (χ0n) is 11.1. The average molecular weight is 233 g/mol. The van der Waals surface area contributed by atoms with Crippen LogP contribution in [0.3, 0.4) is 0 Å². The van der Waals surface area contributed by atoms with E-state index in [0.29, 0.717) is 6.04 Å². The lowest BCUT2D eigenvalue weighted by molar-refractivity contribution is 0.265. The Balaban J connectivity index is 2.09. The molecule has 2 heteroatoms. The maximum Gasteiger partial charge on any atom is 0.121 e. The molecule has 0 aliphatic heterocycles. The largest absolute Gasteiger partial charge is 0.496 e. The van der Waals surface area contributed by atoms with Gasteiger partial charge in [-0.3, -0.25) is 0 Å². The van der Waals surface area contributed by atoms with Crippen molar-refractivity contribution in [2.75, 3.05) is 14.2 Å². The van der Waals surface area contributed by atoms with Crippen molar-refractivity contribution < 1.29 is 4.74 Å². The number of aryl methyl sites for hydroxylation is 1. The molecule has 1 unspecified atom stereocenters. The highest BCUT2D eigenvalue weighted by Crippen LogP contribution is 2.35. The van der Waals surface area contributed by atoms with Gasteiger partial charge in [-0.15, -0.1) is 0 Å². The van der Waals surface area contributed by atoms with E-state index in [1.54, 1.807) is 7.11 Å². The summed E-state index contributed by atoms with van der Waals surface area (Å²) in [7, 11) is 3.79. The molecule has 94 valence electrons. The first-order valence-electron chi connectivity index (χ1n) is 6.56. The number of benzene rings is 1. The molecule has 0 saturated heterocycles. The van der Waals surface area contributed by atoms with E-state index in [4.69, 9.17) is 4.74 Å². The molecule has 1 fully saturated rings. The van der Waals surface area contributed by atoms with E-state index in [9.17, 15) is 0 Å². The summed E-state index contributed by atoms with van der Waals surface area (Å²) >= 11 is 0. The third-order valence-corrected chi connectivity index (χ3v) is 3.96. The quantitative estimate of drug-likeness (QED) is 0.841. The van der Waals surface area contributed by atoms with Gasteiger partial charge < -0.3 is 10.1 Å². The molecule has 0 heterocycles. The van der Waals surface area contributed by atoms with E-state index in [0.717, 1.165) is 11.7 Å². The Morgan fingerprint density at radius 1 is 1.41 bits per heavy atom. The first-order valence-corrected chi connectivity index (χ1v) is 6.56. The average Bonchev–Trinajstić information content (AvgIpc) is 2.28. The highest BCUT2D eigenvalue weighted by Gasteiger charge is 2.22. The molecule has 1 saturated carbocycles. The molecule has 2 nitrogen and oxygen atoms in total. The highest BCUT2D eigenvalue weighted by molar-refractivity contribution is 5.37. The summed E-state index contributed by atoms with van der Waals surface area (Å²) in [5.74, 6) is 1.90. The number of methoxy groups -OCH3 is 1. The SMILES string of the molecule is CNC(CC1CCC1)c1ccc(OC)c(C)c1. The van der Waals surface area contributed by atoms with E-state index >= 15 is 0 Å². The van der Waals surface area contributed by atoms with Crippen LogP contribution < -0.4 is 10.1 Å². The molecule has 1 N–H and O–H groups in total. The van der Waals surface area contributed by atoms with E-state index in [-0.39, 0.29) is 0 Å². The second kappa shape index (κ2) is 5.54. The van der Waals surface area contributed by atoms with Gasteiger partial charge in [0.2, 0.25) is 0 Å². The van der Waals surface area contributed by atoms with Gasteiger partial charge in [-0.1, -0.05) is 31.4 Å². The monoisotopic (exact) mass is 233 g/mol. The minimum absolute atomic E-state index is 0.491. The van der Waals surface area contributed by atoms with Crippen LogP contribution in [-0.2, 0) is 0 Å². The maximum absolute atomic E-state index is 5.31. The molecule has 1 aliphatic carbocycles. The van der Waals surface area contributed by atoms with E-state index in [1.165, 1.54) is 36.8 Å². The van der Waals surface area contributed by atoms with Crippen molar-refractivity contribution in [3.8, 4) is 5.75 Å². The van der Waals surface area contributed by atoms with Crippen LogP contribution >= 0.6 is 0 Å². The second-order valence-electron chi connectivity index (χ2n) is 5.10. The fourth-order valence-corrected chi connectivity index (χ4v) is 2.60. The summed E-state index contributed by atoms with van der Waals surface area (Å²) in [4.78, 5) is 0. The molecule has 2 rings (SSSR count). The third-order valence-electron chi connectivity index (χ3n) is 3.96. The van der Waals surface area contributed by atoms with Crippen LogP contribution in [0, 0.1) is 12.8 Å². The molecule has 0 spiro atoms. The van der Waals surface area contributed by atoms with Crippen LogP contribution in [0.5, 0.6) is 5.75 Å². The molecule has 1 aromatic carbocycles. The summed E-state index contributed by atoms with van der Waals surface area (Å²) in [5, 5.41) is 3.44. The zero-order chi connectivity index (χ0) is 12.3. The molecular weight excluding hydrogens is 210 g/mol. The predicted molar refractivity (Wildman–Crippen MR) is 71.5 cm³/mol. The van der Waals surface area contributed by atoms with Gasteiger partial charge in [-0.25, -0.2) is 0 Å². The predicted octanol–water partition coefficient (Wildman–Crippen LogP) is 3.45. The molecule has 1 aliphatic rings. The molecule has 0 aromatic heterocycles. The van der Waals surface area contributed by atoms with Crippen molar-refractivity contribution in [2.45, 2.75) is 38.6 Å². The number of rotatable bonds is 5. The number of nitrogens with one attached hydrogen (secondary N) is 1. The van der Waals surface area contributed by atoms with Gasteiger partial charge in [-0.2, -0.15) is 0 Å². The van der Waals surface area contributed by atoms with Gasteiger partial charge in [0.05, 0.1) is 7.11 Å². The van der Waals surface area contributed by atoms with Gasteiger partial charge in [0.25, 0.3) is 0 Å². The number of hydrogen-bond donors (Lipinski definition) is 1. The van der Waals surface area contributed by atoms with Crippen LogP contribution in [0.15, 0.2) is 18.2 Å². The minimum atomic E-state index is 0.491. The van der Waals surface area contributed by atoms with Gasteiger partial charge in [0.1, 0.15) is 5.75 Å². The summed E-state index contributed by atoms with van der Waals surface area (Å²) in [6.45, 7) is 2.11. The summed E-state index contributed by atoms with van der Waals surface area (Å²) in [6, 6.07) is 7.00. The van der Waals surface area contributed by atoms with Crippen LogP contribution in [0.25, 0.3) is 0 Å². The maximum atomic E-state index is 5.31. The number of ether oxygens (including phenoxy) is 1. The van der Waals surface area contributed by atoms with E-state index < -0.39 is 0 Å². The Bertz CT molecular complexity index is 371. The summed E-state index contributed by atoms with van der Waals surface area (Å²) in [5.41, 5.74) is 2.61. The molecule has 1 atom stereocenters. The Labute approximate surface area is 104 Å². The van der Waals surface area contributed by atoms with Gasteiger partial charge in [0.15, 0.2) is 0 Å². The summed E-state index contributed by atoms with van der Waals surface area (Å²) < 4.78 is 5.31. The van der Waals surface area contributed by atoms with Crippen molar-refractivity contribution in [2.24, 2.45) is 5.92 Å². The van der Waals surface area contributed by atoms with Crippen LogP contribution in [0.4, 0.5) is 0 Å².